The minimum atomic E-state index is -3.78. The van der Waals surface area contributed by atoms with Gasteiger partial charge in [-0.3, -0.25) is 10.1 Å². The zero-order valence-corrected chi connectivity index (χ0v) is 18.7. The third-order valence-electron chi connectivity index (χ3n) is 5.70. The van der Waals surface area contributed by atoms with Gasteiger partial charge in [0.1, 0.15) is 0 Å². The van der Waals surface area contributed by atoms with Crippen molar-refractivity contribution in [1.29, 1.82) is 0 Å². The third kappa shape index (κ3) is 4.42. The van der Waals surface area contributed by atoms with Crippen LogP contribution in [0.25, 0.3) is 11.4 Å². The molecule has 4 rings (SSSR count). The highest BCUT2D eigenvalue weighted by molar-refractivity contribution is 7.89. The molecule has 3 aromatic rings. The summed E-state index contributed by atoms with van der Waals surface area (Å²) in [5, 5.41) is 14.9. The number of aromatic nitrogens is 2. The predicted molar refractivity (Wildman–Crippen MR) is 118 cm³/mol. The Hall–Kier alpha value is -3.11. The van der Waals surface area contributed by atoms with Crippen LogP contribution in [0, 0.1) is 10.1 Å². The molecule has 1 aromatic heterocycles. The standard InChI is InChI=1S/C22H24N4O5S/c1-15(2)16-5-7-17(8-6-16)21-23-22(31-24-21)18-4-3-13-25(14-18)32(29,30)20-11-9-19(10-12-20)26(27)28/h5-12,15,18H,3-4,13-14H2,1-2H3. The smallest absolute Gasteiger partial charge is 0.269 e. The lowest BCUT2D eigenvalue weighted by Gasteiger charge is -2.30. The molecule has 1 atom stereocenters. The molecule has 1 fully saturated rings. The first-order valence-electron chi connectivity index (χ1n) is 10.4. The molecule has 1 aliphatic rings. The predicted octanol–water partition coefficient (Wildman–Crippen LogP) is 4.34. The van der Waals surface area contributed by atoms with Gasteiger partial charge in [-0.15, -0.1) is 0 Å². The Labute approximate surface area is 186 Å². The number of nitro groups is 1. The van der Waals surface area contributed by atoms with E-state index in [-0.39, 0.29) is 23.0 Å². The van der Waals surface area contributed by atoms with E-state index in [4.69, 9.17) is 4.52 Å². The van der Waals surface area contributed by atoms with Crippen molar-refractivity contribution >= 4 is 15.7 Å². The van der Waals surface area contributed by atoms with E-state index in [0.717, 1.165) is 12.0 Å². The van der Waals surface area contributed by atoms with Crippen LogP contribution in [0.15, 0.2) is 57.9 Å². The Kier molecular flexibility index (Phi) is 6.07. The molecule has 168 valence electrons. The second kappa shape index (κ2) is 8.79. The number of rotatable bonds is 6. The summed E-state index contributed by atoms with van der Waals surface area (Å²) in [6.45, 7) is 4.84. The van der Waals surface area contributed by atoms with Crippen molar-refractivity contribution in [2.75, 3.05) is 13.1 Å². The Morgan fingerprint density at radius 2 is 1.81 bits per heavy atom. The van der Waals surface area contributed by atoms with Gasteiger partial charge in [0.15, 0.2) is 0 Å². The minimum Gasteiger partial charge on any atom is -0.339 e. The number of nitrogens with zero attached hydrogens (tertiary/aromatic N) is 4. The monoisotopic (exact) mass is 456 g/mol. The number of piperidine rings is 1. The van der Waals surface area contributed by atoms with Crippen molar-refractivity contribution in [2.45, 2.75) is 43.4 Å². The van der Waals surface area contributed by atoms with Gasteiger partial charge >= 0.3 is 0 Å². The number of hydrogen-bond donors (Lipinski definition) is 0. The van der Waals surface area contributed by atoms with Crippen LogP contribution in [-0.2, 0) is 10.0 Å². The van der Waals surface area contributed by atoms with Crippen molar-refractivity contribution in [3.05, 3.63) is 70.1 Å². The van der Waals surface area contributed by atoms with Crippen molar-refractivity contribution in [3.8, 4) is 11.4 Å². The second-order valence-electron chi connectivity index (χ2n) is 8.19. The first-order valence-corrected chi connectivity index (χ1v) is 11.9. The highest BCUT2D eigenvalue weighted by Crippen LogP contribution is 2.31. The molecule has 0 amide bonds. The molecule has 0 saturated carbocycles. The van der Waals surface area contributed by atoms with Gasteiger partial charge in [0.05, 0.1) is 15.7 Å². The Bertz CT molecular complexity index is 1200. The maximum atomic E-state index is 13.0. The van der Waals surface area contributed by atoms with Crippen molar-refractivity contribution in [2.24, 2.45) is 0 Å². The van der Waals surface area contributed by atoms with Gasteiger partial charge < -0.3 is 4.52 Å². The fourth-order valence-electron chi connectivity index (χ4n) is 3.79. The lowest BCUT2D eigenvalue weighted by Crippen LogP contribution is -2.39. The van der Waals surface area contributed by atoms with E-state index in [9.17, 15) is 18.5 Å². The van der Waals surface area contributed by atoms with Gasteiger partial charge in [-0.25, -0.2) is 8.42 Å². The maximum absolute atomic E-state index is 13.0. The number of benzene rings is 2. The minimum absolute atomic E-state index is 0.0280. The largest absolute Gasteiger partial charge is 0.339 e. The summed E-state index contributed by atoms with van der Waals surface area (Å²) in [6, 6.07) is 12.9. The van der Waals surface area contributed by atoms with Gasteiger partial charge in [-0.2, -0.15) is 9.29 Å². The van der Waals surface area contributed by atoms with Crippen LogP contribution in [0.3, 0.4) is 0 Å². The summed E-state index contributed by atoms with van der Waals surface area (Å²) in [5.41, 5.74) is 1.91. The van der Waals surface area contributed by atoms with E-state index in [1.807, 2.05) is 24.3 Å². The van der Waals surface area contributed by atoms with Crippen LogP contribution in [0.2, 0.25) is 0 Å². The van der Waals surface area contributed by atoms with Gasteiger partial charge in [0.2, 0.25) is 21.7 Å². The van der Waals surface area contributed by atoms with Crippen LogP contribution < -0.4 is 0 Å². The van der Waals surface area contributed by atoms with Gasteiger partial charge in [-0.05, 0) is 36.5 Å². The number of hydrogen-bond acceptors (Lipinski definition) is 7. The summed E-state index contributed by atoms with van der Waals surface area (Å²) in [6.07, 6.45) is 1.39. The molecule has 0 bridgehead atoms. The molecule has 0 radical (unpaired) electrons. The van der Waals surface area contributed by atoms with E-state index < -0.39 is 14.9 Å². The van der Waals surface area contributed by atoms with Crippen molar-refractivity contribution in [1.82, 2.24) is 14.4 Å². The lowest BCUT2D eigenvalue weighted by atomic mass is 9.99. The fourth-order valence-corrected chi connectivity index (χ4v) is 5.31. The van der Waals surface area contributed by atoms with Crippen LogP contribution in [0.5, 0.6) is 0 Å². The van der Waals surface area contributed by atoms with Crippen molar-refractivity contribution in [3.63, 3.8) is 0 Å². The quantitative estimate of drug-likeness (QED) is 0.400. The summed E-state index contributed by atoms with van der Waals surface area (Å²) in [5.74, 6) is 1.10. The molecule has 32 heavy (non-hydrogen) atoms. The van der Waals surface area contributed by atoms with E-state index in [0.29, 0.717) is 30.6 Å². The molecule has 2 aromatic carbocycles. The van der Waals surface area contributed by atoms with Gasteiger partial charge in [-0.1, -0.05) is 43.3 Å². The molecule has 1 saturated heterocycles. The van der Waals surface area contributed by atoms with Gasteiger partial charge in [0.25, 0.3) is 5.69 Å². The first kappa shape index (κ1) is 22.1. The average molecular weight is 457 g/mol. The first-order chi connectivity index (χ1) is 15.3. The summed E-state index contributed by atoms with van der Waals surface area (Å²) < 4.78 is 33.0. The molecule has 9 nitrogen and oxygen atoms in total. The van der Waals surface area contributed by atoms with E-state index in [1.165, 1.54) is 34.1 Å². The van der Waals surface area contributed by atoms with E-state index >= 15 is 0 Å². The van der Waals surface area contributed by atoms with Gasteiger partial charge in [0, 0.05) is 30.8 Å². The van der Waals surface area contributed by atoms with Crippen LogP contribution in [0.4, 0.5) is 5.69 Å². The summed E-state index contributed by atoms with van der Waals surface area (Å²) >= 11 is 0. The molecule has 10 heteroatoms. The van der Waals surface area contributed by atoms with Crippen LogP contribution in [0.1, 0.15) is 50.0 Å². The number of nitro benzene ring substituents is 1. The third-order valence-corrected chi connectivity index (χ3v) is 7.58. The fraction of sp³-hybridized carbons (Fsp3) is 0.364. The lowest BCUT2D eigenvalue weighted by molar-refractivity contribution is -0.384. The Morgan fingerprint density at radius 1 is 1.12 bits per heavy atom. The van der Waals surface area contributed by atoms with E-state index in [1.54, 1.807) is 0 Å². The topological polar surface area (TPSA) is 119 Å². The number of non-ortho nitro benzene ring substituents is 1. The zero-order chi connectivity index (χ0) is 22.9. The number of sulfonamides is 1. The molecular formula is C22H24N4O5S. The molecular weight excluding hydrogens is 432 g/mol. The van der Waals surface area contributed by atoms with E-state index in [2.05, 4.69) is 24.0 Å². The summed E-state index contributed by atoms with van der Waals surface area (Å²) in [4.78, 5) is 14.8. The second-order valence-corrected chi connectivity index (χ2v) is 10.1. The normalized spacial score (nSPS) is 17.5. The Morgan fingerprint density at radius 3 is 2.44 bits per heavy atom. The molecule has 1 unspecified atom stereocenters. The highest BCUT2D eigenvalue weighted by atomic mass is 32.2. The molecule has 2 heterocycles. The molecule has 0 spiro atoms. The van der Waals surface area contributed by atoms with Crippen LogP contribution in [-0.4, -0.2) is 40.9 Å². The maximum Gasteiger partial charge on any atom is 0.269 e. The SMILES string of the molecule is CC(C)c1ccc(-c2noc(C3CCCN(S(=O)(=O)c4ccc([N+](=O)[O-])cc4)C3)n2)cc1. The zero-order valence-electron chi connectivity index (χ0n) is 17.8. The average Bonchev–Trinajstić information content (AvgIpc) is 3.30. The summed E-state index contributed by atoms with van der Waals surface area (Å²) in [7, 11) is -3.78. The molecule has 0 N–H and O–H groups in total. The van der Waals surface area contributed by atoms with Crippen molar-refractivity contribution < 1.29 is 17.9 Å². The Balaban J connectivity index is 1.51. The highest BCUT2D eigenvalue weighted by Gasteiger charge is 2.33. The van der Waals surface area contributed by atoms with Crippen LogP contribution >= 0.6 is 0 Å². The molecule has 0 aliphatic carbocycles. The molecule has 1 aliphatic heterocycles.